The van der Waals surface area contributed by atoms with Gasteiger partial charge in [0.1, 0.15) is 6.04 Å². The van der Waals surface area contributed by atoms with E-state index in [1.54, 1.807) is 4.90 Å². The number of rotatable bonds is 6. The van der Waals surface area contributed by atoms with E-state index in [2.05, 4.69) is 5.32 Å². The van der Waals surface area contributed by atoms with E-state index in [9.17, 15) is 9.59 Å². The summed E-state index contributed by atoms with van der Waals surface area (Å²) in [4.78, 5) is 26.0. The van der Waals surface area contributed by atoms with Gasteiger partial charge < -0.3 is 15.0 Å². The molecule has 1 unspecified atom stereocenters. The number of hydrogen-bond donors (Lipinski definition) is 1. The van der Waals surface area contributed by atoms with Gasteiger partial charge in [0.15, 0.2) is 0 Å². The van der Waals surface area contributed by atoms with Crippen LogP contribution in [-0.4, -0.2) is 35.9 Å². The van der Waals surface area contributed by atoms with E-state index in [1.165, 1.54) is 0 Å². The Morgan fingerprint density at radius 3 is 2.25 bits per heavy atom. The largest absolute Gasteiger partial charge is 0.374 e. The first-order valence-electron chi connectivity index (χ1n) is 7.96. The Morgan fingerprint density at radius 1 is 0.958 bits per heavy atom. The topological polar surface area (TPSA) is 58.6 Å². The van der Waals surface area contributed by atoms with Crippen molar-refractivity contribution in [3.05, 3.63) is 71.8 Å². The average molecular weight is 324 g/mol. The fourth-order valence-electron chi connectivity index (χ4n) is 2.69. The number of carbonyl (C=O) groups excluding carboxylic acids is 2. The molecule has 2 amide bonds. The highest BCUT2D eigenvalue weighted by molar-refractivity contribution is 5.94. The first-order chi connectivity index (χ1) is 11.7. The second-order valence-electron chi connectivity index (χ2n) is 5.80. The number of amides is 2. The van der Waals surface area contributed by atoms with Crippen LogP contribution in [0.15, 0.2) is 60.7 Å². The maximum atomic E-state index is 12.5. The van der Waals surface area contributed by atoms with Crippen molar-refractivity contribution in [3.8, 4) is 0 Å². The Hall–Kier alpha value is -2.66. The quantitative estimate of drug-likeness (QED) is 0.880. The number of nitrogens with zero attached hydrogens (tertiary/aromatic N) is 1. The molecule has 2 aromatic rings. The van der Waals surface area contributed by atoms with Crippen LogP contribution in [0.2, 0.25) is 0 Å². The zero-order valence-corrected chi connectivity index (χ0v) is 13.4. The number of ether oxygens (including phenoxy) is 1. The summed E-state index contributed by atoms with van der Waals surface area (Å²) in [5.74, 6) is -0.259. The smallest absolute Gasteiger partial charge is 0.248 e. The first kappa shape index (κ1) is 16.2. The van der Waals surface area contributed by atoms with Gasteiger partial charge in [0, 0.05) is 6.54 Å². The average Bonchev–Trinajstić information content (AvgIpc) is 2.60. The predicted molar refractivity (Wildman–Crippen MR) is 89.9 cm³/mol. The molecule has 1 atom stereocenters. The molecular weight excluding hydrogens is 304 g/mol. The van der Waals surface area contributed by atoms with Crippen molar-refractivity contribution in [2.75, 3.05) is 13.2 Å². The Balaban J connectivity index is 1.57. The summed E-state index contributed by atoms with van der Waals surface area (Å²) in [5, 5.41) is 2.71. The van der Waals surface area contributed by atoms with Gasteiger partial charge in [-0.05, 0) is 11.1 Å². The van der Waals surface area contributed by atoms with Crippen molar-refractivity contribution in [2.24, 2.45) is 0 Å². The number of nitrogens with one attached hydrogen (secondary N) is 1. The summed E-state index contributed by atoms with van der Waals surface area (Å²) in [5.41, 5.74) is 2.04. The van der Waals surface area contributed by atoms with Gasteiger partial charge in [-0.2, -0.15) is 0 Å². The molecule has 0 radical (unpaired) electrons. The Labute approximate surface area is 141 Å². The highest BCUT2D eigenvalue weighted by atomic mass is 16.5. The molecule has 0 bridgehead atoms. The minimum atomic E-state index is -0.626. The van der Waals surface area contributed by atoms with Crippen molar-refractivity contribution < 1.29 is 14.3 Å². The minimum absolute atomic E-state index is 0.0862. The second kappa shape index (κ2) is 7.75. The van der Waals surface area contributed by atoms with Gasteiger partial charge in [-0.3, -0.25) is 9.59 Å². The van der Waals surface area contributed by atoms with Crippen LogP contribution in [0.25, 0.3) is 0 Å². The molecule has 1 N–H and O–H groups in total. The molecule has 5 nitrogen and oxygen atoms in total. The molecule has 0 saturated carbocycles. The summed E-state index contributed by atoms with van der Waals surface area (Å²) in [6, 6.07) is 18.8. The van der Waals surface area contributed by atoms with Crippen LogP contribution in [0, 0.1) is 0 Å². The van der Waals surface area contributed by atoms with Crippen molar-refractivity contribution in [3.63, 3.8) is 0 Å². The SMILES string of the molecule is O=C1CN(Cc2ccccc2)C(=O)C(COCc2ccccc2)N1. The summed E-state index contributed by atoms with van der Waals surface area (Å²) < 4.78 is 5.61. The zero-order chi connectivity index (χ0) is 16.8. The fourth-order valence-corrected chi connectivity index (χ4v) is 2.69. The predicted octanol–water partition coefficient (Wildman–Crippen LogP) is 1.73. The third-order valence-electron chi connectivity index (χ3n) is 3.89. The lowest BCUT2D eigenvalue weighted by Crippen LogP contribution is -2.59. The summed E-state index contributed by atoms with van der Waals surface area (Å²) in [6.07, 6.45) is 0. The van der Waals surface area contributed by atoms with Crippen molar-refractivity contribution in [2.45, 2.75) is 19.2 Å². The van der Waals surface area contributed by atoms with Crippen LogP contribution in [0.3, 0.4) is 0 Å². The maximum absolute atomic E-state index is 12.5. The van der Waals surface area contributed by atoms with Gasteiger partial charge in [-0.25, -0.2) is 0 Å². The fraction of sp³-hybridized carbons (Fsp3) is 0.263. The molecule has 1 aliphatic heterocycles. The van der Waals surface area contributed by atoms with E-state index in [4.69, 9.17) is 4.74 Å². The normalized spacial score (nSPS) is 17.7. The van der Waals surface area contributed by atoms with Gasteiger partial charge in [0.05, 0.1) is 19.8 Å². The van der Waals surface area contributed by atoms with Gasteiger partial charge >= 0.3 is 0 Å². The minimum Gasteiger partial charge on any atom is -0.374 e. The molecule has 24 heavy (non-hydrogen) atoms. The van der Waals surface area contributed by atoms with Crippen LogP contribution in [0.5, 0.6) is 0 Å². The molecule has 2 aromatic carbocycles. The van der Waals surface area contributed by atoms with E-state index in [0.717, 1.165) is 11.1 Å². The second-order valence-corrected chi connectivity index (χ2v) is 5.80. The summed E-state index contributed by atoms with van der Waals surface area (Å²) in [6.45, 7) is 1.11. The zero-order valence-electron chi connectivity index (χ0n) is 13.4. The van der Waals surface area contributed by atoms with Gasteiger partial charge in [0.25, 0.3) is 0 Å². The van der Waals surface area contributed by atoms with E-state index in [-0.39, 0.29) is 25.0 Å². The summed E-state index contributed by atoms with van der Waals surface area (Å²) >= 11 is 0. The lowest BCUT2D eigenvalue weighted by atomic mass is 10.1. The van der Waals surface area contributed by atoms with E-state index < -0.39 is 6.04 Å². The van der Waals surface area contributed by atoms with Crippen LogP contribution in [-0.2, 0) is 27.5 Å². The van der Waals surface area contributed by atoms with E-state index >= 15 is 0 Å². The number of piperazine rings is 1. The van der Waals surface area contributed by atoms with Crippen LogP contribution < -0.4 is 5.32 Å². The third-order valence-corrected chi connectivity index (χ3v) is 3.89. The van der Waals surface area contributed by atoms with E-state index in [0.29, 0.717) is 13.2 Å². The molecule has 1 heterocycles. The standard InChI is InChI=1S/C19H20N2O3/c22-18-12-21(11-15-7-3-1-4-8-15)19(23)17(20-18)14-24-13-16-9-5-2-6-10-16/h1-10,17H,11-14H2,(H,20,22). The first-order valence-corrected chi connectivity index (χ1v) is 7.96. The van der Waals surface area contributed by atoms with Gasteiger partial charge in [-0.1, -0.05) is 60.7 Å². The van der Waals surface area contributed by atoms with E-state index in [1.807, 2.05) is 60.7 Å². The van der Waals surface area contributed by atoms with Gasteiger partial charge in [-0.15, -0.1) is 0 Å². The molecule has 3 rings (SSSR count). The summed E-state index contributed by atoms with van der Waals surface area (Å²) in [7, 11) is 0. The third kappa shape index (κ3) is 4.20. The Morgan fingerprint density at radius 2 is 1.58 bits per heavy atom. The maximum Gasteiger partial charge on any atom is 0.248 e. The molecule has 0 spiro atoms. The molecule has 0 aromatic heterocycles. The van der Waals surface area contributed by atoms with Crippen LogP contribution in [0.1, 0.15) is 11.1 Å². The number of hydrogen-bond acceptors (Lipinski definition) is 3. The highest BCUT2D eigenvalue weighted by Crippen LogP contribution is 2.10. The number of carbonyl (C=O) groups is 2. The molecule has 1 aliphatic rings. The molecule has 124 valence electrons. The molecule has 0 aliphatic carbocycles. The van der Waals surface area contributed by atoms with Crippen molar-refractivity contribution in [1.29, 1.82) is 0 Å². The van der Waals surface area contributed by atoms with Crippen LogP contribution >= 0.6 is 0 Å². The molecule has 5 heteroatoms. The number of benzene rings is 2. The monoisotopic (exact) mass is 324 g/mol. The molecule has 1 saturated heterocycles. The van der Waals surface area contributed by atoms with Gasteiger partial charge in [0.2, 0.25) is 11.8 Å². The Bertz CT molecular complexity index is 688. The van der Waals surface area contributed by atoms with Crippen molar-refractivity contribution in [1.82, 2.24) is 10.2 Å². The lowest BCUT2D eigenvalue weighted by Gasteiger charge is -2.32. The van der Waals surface area contributed by atoms with Crippen LogP contribution in [0.4, 0.5) is 0 Å². The highest BCUT2D eigenvalue weighted by Gasteiger charge is 2.32. The molecular formula is C19H20N2O3. The molecule has 1 fully saturated rings. The Kier molecular flexibility index (Phi) is 5.23. The van der Waals surface area contributed by atoms with Crippen molar-refractivity contribution >= 4 is 11.8 Å². The lowest BCUT2D eigenvalue weighted by molar-refractivity contribution is -0.146.